The van der Waals surface area contributed by atoms with Crippen LogP contribution in [0.5, 0.6) is 5.75 Å². The van der Waals surface area contributed by atoms with Crippen molar-refractivity contribution in [2.24, 2.45) is 11.7 Å². The Kier molecular flexibility index (Phi) is 4.81. The molecule has 7 heteroatoms. The standard InChI is InChI=1S/C24H24BrN3O3/c1-24-14-18(17-5-2-3-6-20(17)31-24)21(22(26)29)23(30)28(24)11-4-10-27-12-9-15-7-8-16(25)13-19(15)27/h2-3,5-9,12-13,18,21H,4,10-11,14H2,1H3,(H2,26,29)/t18-,21-,24-/m0/s1. The van der Waals surface area contributed by atoms with Crippen molar-refractivity contribution < 1.29 is 14.3 Å². The Labute approximate surface area is 189 Å². The molecule has 2 bridgehead atoms. The summed E-state index contributed by atoms with van der Waals surface area (Å²) < 4.78 is 9.53. The third-order valence-electron chi connectivity index (χ3n) is 6.58. The highest BCUT2D eigenvalue weighted by atomic mass is 79.9. The Hall–Kier alpha value is -2.80. The van der Waals surface area contributed by atoms with Gasteiger partial charge in [0.15, 0.2) is 5.72 Å². The molecule has 0 saturated carbocycles. The minimum atomic E-state index is -0.860. The smallest absolute Gasteiger partial charge is 0.238 e. The first-order valence-electron chi connectivity index (χ1n) is 10.5. The molecule has 3 atom stereocenters. The first-order chi connectivity index (χ1) is 14.9. The van der Waals surface area contributed by atoms with Crippen molar-refractivity contribution >= 4 is 38.6 Å². The van der Waals surface area contributed by atoms with Gasteiger partial charge in [0.05, 0.1) is 0 Å². The van der Waals surface area contributed by atoms with Crippen LogP contribution < -0.4 is 10.5 Å². The highest BCUT2D eigenvalue weighted by molar-refractivity contribution is 9.10. The average molecular weight is 482 g/mol. The van der Waals surface area contributed by atoms with E-state index >= 15 is 0 Å². The van der Waals surface area contributed by atoms with Gasteiger partial charge in [-0.25, -0.2) is 0 Å². The van der Waals surface area contributed by atoms with Crippen molar-refractivity contribution in [2.45, 2.75) is 38.0 Å². The molecule has 2 aliphatic heterocycles. The van der Waals surface area contributed by atoms with E-state index in [4.69, 9.17) is 10.5 Å². The fraction of sp³-hybridized carbons (Fsp3) is 0.333. The summed E-state index contributed by atoms with van der Waals surface area (Å²) in [6.45, 7) is 3.18. The summed E-state index contributed by atoms with van der Waals surface area (Å²) in [7, 11) is 0. The van der Waals surface area contributed by atoms with Gasteiger partial charge in [-0.15, -0.1) is 0 Å². The van der Waals surface area contributed by atoms with Gasteiger partial charge in [0, 0.05) is 41.6 Å². The van der Waals surface area contributed by atoms with Gasteiger partial charge in [0.2, 0.25) is 11.8 Å². The molecule has 1 aromatic heterocycles. The number of hydrogen-bond donors (Lipinski definition) is 1. The fourth-order valence-electron chi connectivity index (χ4n) is 5.13. The third kappa shape index (κ3) is 3.31. The van der Waals surface area contributed by atoms with E-state index in [0.29, 0.717) is 13.0 Å². The molecule has 160 valence electrons. The van der Waals surface area contributed by atoms with E-state index in [1.54, 1.807) is 4.90 Å². The highest BCUT2D eigenvalue weighted by Gasteiger charge is 2.55. The minimum absolute atomic E-state index is 0.235. The Morgan fingerprint density at radius 3 is 2.84 bits per heavy atom. The number of ether oxygens (including phenoxy) is 1. The van der Waals surface area contributed by atoms with Crippen molar-refractivity contribution in [3.8, 4) is 5.75 Å². The van der Waals surface area contributed by atoms with Crippen LogP contribution in [0.1, 0.15) is 31.2 Å². The van der Waals surface area contributed by atoms with E-state index in [0.717, 1.165) is 34.3 Å². The number of benzene rings is 2. The van der Waals surface area contributed by atoms with Crippen LogP contribution in [0.15, 0.2) is 59.2 Å². The predicted molar refractivity (Wildman–Crippen MR) is 121 cm³/mol. The zero-order valence-corrected chi connectivity index (χ0v) is 18.8. The summed E-state index contributed by atoms with van der Waals surface area (Å²) in [4.78, 5) is 27.4. The number of carbonyl (C=O) groups excluding carboxylic acids is 2. The maximum Gasteiger partial charge on any atom is 0.238 e. The number of rotatable bonds is 5. The molecule has 0 unspecified atom stereocenters. The number of aryl methyl sites for hydroxylation is 1. The van der Waals surface area contributed by atoms with Crippen molar-refractivity contribution in [1.29, 1.82) is 0 Å². The van der Waals surface area contributed by atoms with E-state index in [2.05, 4.69) is 44.9 Å². The molecule has 1 saturated heterocycles. The number of nitrogens with two attached hydrogens (primary N) is 1. The van der Waals surface area contributed by atoms with Gasteiger partial charge in [-0.2, -0.15) is 0 Å². The Morgan fingerprint density at radius 1 is 1.23 bits per heavy atom. The van der Waals surface area contributed by atoms with Gasteiger partial charge in [-0.1, -0.05) is 40.2 Å². The van der Waals surface area contributed by atoms with E-state index < -0.39 is 17.6 Å². The molecule has 2 amide bonds. The molecule has 5 rings (SSSR count). The summed E-state index contributed by atoms with van der Waals surface area (Å²) in [6.07, 6.45) is 3.36. The molecule has 2 aromatic carbocycles. The van der Waals surface area contributed by atoms with Crippen LogP contribution in [0, 0.1) is 5.92 Å². The van der Waals surface area contributed by atoms with Crippen LogP contribution in [0.4, 0.5) is 0 Å². The van der Waals surface area contributed by atoms with Crippen molar-refractivity contribution in [3.05, 3.63) is 64.8 Å². The third-order valence-corrected chi connectivity index (χ3v) is 7.07. The van der Waals surface area contributed by atoms with Crippen LogP contribution in [0.2, 0.25) is 0 Å². The zero-order chi connectivity index (χ0) is 21.8. The Morgan fingerprint density at radius 2 is 2.03 bits per heavy atom. The van der Waals surface area contributed by atoms with Crippen LogP contribution in [-0.2, 0) is 16.1 Å². The number of aromatic nitrogens is 1. The van der Waals surface area contributed by atoms with Crippen LogP contribution in [-0.4, -0.2) is 33.6 Å². The molecule has 0 spiro atoms. The van der Waals surface area contributed by atoms with Gasteiger partial charge in [-0.05, 0) is 48.6 Å². The highest BCUT2D eigenvalue weighted by Crippen LogP contribution is 2.50. The lowest BCUT2D eigenvalue weighted by molar-refractivity contribution is -0.175. The summed E-state index contributed by atoms with van der Waals surface area (Å²) in [5.41, 5.74) is 6.95. The van der Waals surface area contributed by atoms with E-state index in [1.807, 2.05) is 37.3 Å². The number of hydrogen-bond acceptors (Lipinski definition) is 3. The lowest BCUT2D eigenvalue weighted by Crippen LogP contribution is -2.64. The second-order valence-electron chi connectivity index (χ2n) is 8.56. The van der Waals surface area contributed by atoms with Gasteiger partial charge < -0.3 is 19.9 Å². The Balaban J connectivity index is 1.40. The maximum atomic E-state index is 13.4. The second kappa shape index (κ2) is 7.41. The fourth-order valence-corrected chi connectivity index (χ4v) is 5.48. The molecule has 2 N–H and O–H groups in total. The first-order valence-corrected chi connectivity index (χ1v) is 11.3. The van der Waals surface area contributed by atoms with E-state index in [9.17, 15) is 9.59 Å². The molecular formula is C24H24BrN3O3. The SMILES string of the molecule is C[C@@]12C[C@@H](c3ccccc3O1)[C@@H](C(N)=O)C(=O)N2CCCn1ccc2ccc(Br)cc21. The van der Waals surface area contributed by atoms with Gasteiger partial charge >= 0.3 is 0 Å². The van der Waals surface area contributed by atoms with Crippen molar-refractivity contribution in [3.63, 3.8) is 0 Å². The average Bonchev–Trinajstić information content (AvgIpc) is 3.12. The van der Waals surface area contributed by atoms with Crippen molar-refractivity contribution in [1.82, 2.24) is 9.47 Å². The van der Waals surface area contributed by atoms with Gasteiger partial charge in [0.1, 0.15) is 11.7 Å². The number of nitrogens with zero attached hydrogens (tertiary/aromatic N) is 2. The second-order valence-corrected chi connectivity index (χ2v) is 9.48. The molecular weight excluding hydrogens is 458 g/mol. The number of halogens is 1. The largest absolute Gasteiger partial charge is 0.468 e. The number of carbonyl (C=O) groups is 2. The quantitative estimate of drug-likeness (QED) is 0.559. The van der Waals surface area contributed by atoms with Gasteiger partial charge in [0.25, 0.3) is 0 Å². The molecule has 6 nitrogen and oxygen atoms in total. The van der Waals surface area contributed by atoms with Crippen molar-refractivity contribution in [2.75, 3.05) is 6.54 Å². The monoisotopic (exact) mass is 481 g/mol. The van der Waals surface area contributed by atoms with Crippen LogP contribution >= 0.6 is 15.9 Å². The molecule has 3 heterocycles. The van der Waals surface area contributed by atoms with Crippen LogP contribution in [0.25, 0.3) is 10.9 Å². The minimum Gasteiger partial charge on any atom is -0.468 e. The number of para-hydroxylation sites is 1. The van der Waals surface area contributed by atoms with Gasteiger partial charge in [-0.3, -0.25) is 9.59 Å². The summed E-state index contributed by atoms with van der Waals surface area (Å²) in [6, 6.07) is 15.9. The number of amides is 2. The molecule has 3 aromatic rings. The summed E-state index contributed by atoms with van der Waals surface area (Å²) in [5.74, 6) is -1.18. The number of likely N-dealkylation sites (tertiary alicyclic amines) is 1. The number of fused-ring (bicyclic) bond motifs is 5. The molecule has 0 aliphatic carbocycles. The van der Waals surface area contributed by atoms with E-state index in [-0.39, 0.29) is 11.8 Å². The summed E-state index contributed by atoms with van der Waals surface area (Å²) in [5, 5.41) is 1.17. The topological polar surface area (TPSA) is 77.6 Å². The summed E-state index contributed by atoms with van der Waals surface area (Å²) >= 11 is 3.53. The number of primary amides is 1. The maximum absolute atomic E-state index is 13.4. The van der Waals surface area contributed by atoms with Crippen LogP contribution in [0.3, 0.4) is 0 Å². The lowest BCUT2D eigenvalue weighted by atomic mass is 9.73. The molecule has 0 radical (unpaired) electrons. The molecule has 2 aliphatic rings. The molecule has 31 heavy (non-hydrogen) atoms. The predicted octanol–water partition coefficient (Wildman–Crippen LogP) is 4.02. The van der Waals surface area contributed by atoms with E-state index in [1.165, 1.54) is 5.39 Å². The number of piperidine rings is 1. The zero-order valence-electron chi connectivity index (χ0n) is 17.3. The Bertz CT molecular complexity index is 1190. The lowest BCUT2D eigenvalue weighted by Gasteiger charge is -2.52. The normalized spacial score (nSPS) is 24.7. The first kappa shape index (κ1) is 20.1. The molecule has 1 fully saturated rings.